The first-order valence-corrected chi connectivity index (χ1v) is 7.98. The molecule has 0 bridgehead atoms. The highest BCUT2D eigenvalue weighted by Crippen LogP contribution is 2.24. The average molecular weight is 390 g/mol. The molecule has 1 saturated heterocycles. The summed E-state index contributed by atoms with van der Waals surface area (Å²) in [6.07, 6.45) is -4.62. The van der Waals surface area contributed by atoms with Gasteiger partial charge in [-0.3, -0.25) is 4.79 Å². The molecule has 0 spiro atoms. The summed E-state index contributed by atoms with van der Waals surface area (Å²) in [6.45, 7) is 0.991. The molecule has 1 heterocycles. The van der Waals surface area contributed by atoms with E-state index in [2.05, 4.69) is 21.2 Å². The summed E-state index contributed by atoms with van der Waals surface area (Å²) in [5.74, 6) is -0.387. The molecule has 5 atom stereocenters. The minimum Gasteiger partial charge on any atom is -0.394 e. The number of halogens is 1. The SMILES string of the molecule is CC(=O)N[C@@H]1[C@@H](OCc2ccccc2Br)O[C@@H](CO)[C@H](O)[C@H]1O. The Morgan fingerprint density at radius 1 is 1.35 bits per heavy atom. The number of rotatable bonds is 5. The van der Waals surface area contributed by atoms with Crippen molar-refractivity contribution in [1.29, 1.82) is 0 Å². The summed E-state index contributed by atoms with van der Waals surface area (Å²) >= 11 is 3.40. The van der Waals surface area contributed by atoms with Crippen LogP contribution in [0, 0.1) is 0 Å². The number of aliphatic hydroxyl groups excluding tert-OH is 3. The van der Waals surface area contributed by atoms with E-state index in [1.807, 2.05) is 24.3 Å². The van der Waals surface area contributed by atoms with Crippen LogP contribution in [0.3, 0.4) is 0 Å². The van der Waals surface area contributed by atoms with E-state index in [1.54, 1.807) is 0 Å². The summed E-state index contributed by atoms with van der Waals surface area (Å²) in [7, 11) is 0. The first-order valence-electron chi connectivity index (χ1n) is 7.18. The van der Waals surface area contributed by atoms with Crippen molar-refractivity contribution in [3.8, 4) is 0 Å². The second kappa shape index (κ2) is 8.18. The molecule has 4 N–H and O–H groups in total. The summed E-state index contributed by atoms with van der Waals surface area (Å²) in [5, 5.41) is 31.8. The molecule has 7 nitrogen and oxygen atoms in total. The van der Waals surface area contributed by atoms with Crippen molar-refractivity contribution in [2.75, 3.05) is 6.61 Å². The Morgan fingerprint density at radius 3 is 2.65 bits per heavy atom. The lowest BCUT2D eigenvalue weighted by molar-refractivity contribution is -0.273. The third-order valence-electron chi connectivity index (χ3n) is 3.61. The second-order valence-electron chi connectivity index (χ2n) is 5.34. The minimum atomic E-state index is -1.32. The Bertz CT molecular complexity index is 542. The molecule has 1 aliphatic rings. The normalized spacial score (nSPS) is 30.9. The van der Waals surface area contributed by atoms with E-state index in [4.69, 9.17) is 9.47 Å². The van der Waals surface area contributed by atoms with Crippen LogP contribution in [0.1, 0.15) is 12.5 Å². The van der Waals surface area contributed by atoms with Crippen molar-refractivity contribution in [2.24, 2.45) is 0 Å². The summed E-state index contributed by atoms with van der Waals surface area (Å²) in [6, 6.07) is 6.50. The van der Waals surface area contributed by atoms with Crippen molar-refractivity contribution in [1.82, 2.24) is 5.32 Å². The fourth-order valence-electron chi connectivity index (χ4n) is 2.40. The summed E-state index contributed by atoms with van der Waals surface area (Å²) < 4.78 is 12.0. The van der Waals surface area contributed by atoms with Gasteiger partial charge in [0.15, 0.2) is 6.29 Å². The molecule has 0 aromatic heterocycles. The average Bonchev–Trinajstić information content (AvgIpc) is 2.52. The number of hydrogen-bond donors (Lipinski definition) is 4. The monoisotopic (exact) mass is 389 g/mol. The third kappa shape index (κ3) is 4.50. The Kier molecular flexibility index (Phi) is 6.51. The van der Waals surface area contributed by atoms with Crippen LogP contribution in [0.2, 0.25) is 0 Å². The number of nitrogens with one attached hydrogen (secondary N) is 1. The molecule has 0 saturated carbocycles. The molecule has 1 fully saturated rings. The van der Waals surface area contributed by atoms with Crippen LogP contribution in [0.25, 0.3) is 0 Å². The van der Waals surface area contributed by atoms with E-state index in [9.17, 15) is 20.1 Å². The Labute approximate surface area is 142 Å². The second-order valence-corrected chi connectivity index (χ2v) is 6.19. The van der Waals surface area contributed by atoms with Gasteiger partial charge in [-0.2, -0.15) is 0 Å². The molecule has 1 aliphatic heterocycles. The largest absolute Gasteiger partial charge is 0.394 e. The highest BCUT2D eigenvalue weighted by atomic mass is 79.9. The molecule has 0 aliphatic carbocycles. The number of carbonyl (C=O) groups is 1. The molecule has 128 valence electrons. The van der Waals surface area contributed by atoms with Crippen LogP contribution in [-0.2, 0) is 20.9 Å². The Morgan fingerprint density at radius 2 is 2.04 bits per heavy atom. The lowest BCUT2D eigenvalue weighted by Gasteiger charge is -2.42. The maximum atomic E-state index is 11.3. The smallest absolute Gasteiger partial charge is 0.217 e. The van der Waals surface area contributed by atoms with Crippen LogP contribution >= 0.6 is 15.9 Å². The van der Waals surface area contributed by atoms with Gasteiger partial charge in [0.25, 0.3) is 0 Å². The van der Waals surface area contributed by atoms with Gasteiger partial charge in [-0.15, -0.1) is 0 Å². The fraction of sp³-hybridized carbons (Fsp3) is 0.533. The first-order chi connectivity index (χ1) is 10.9. The Balaban J connectivity index is 2.11. The van der Waals surface area contributed by atoms with Crippen molar-refractivity contribution >= 4 is 21.8 Å². The topological polar surface area (TPSA) is 108 Å². The lowest BCUT2D eigenvalue weighted by Crippen LogP contribution is -2.64. The number of carbonyl (C=O) groups excluding carboxylic acids is 1. The molecule has 1 aromatic rings. The molecule has 0 radical (unpaired) electrons. The molecule has 2 rings (SSSR count). The van der Waals surface area contributed by atoms with E-state index >= 15 is 0 Å². The van der Waals surface area contributed by atoms with Gasteiger partial charge in [0, 0.05) is 11.4 Å². The molecular weight excluding hydrogens is 370 g/mol. The van der Waals surface area contributed by atoms with Crippen molar-refractivity contribution in [3.05, 3.63) is 34.3 Å². The molecular formula is C15H20BrNO6. The van der Waals surface area contributed by atoms with Crippen LogP contribution in [-0.4, -0.2) is 58.5 Å². The van der Waals surface area contributed by atoms with Crippen molar-refractivity contribution in [3.63, 3.8) is 0 Å². The van der Waals surface area contributed by atoms with Crippen LogP contribution in [0.15, 0.2) is 28.7 Å². The minimum absolute atomic E-state index is 0.170. The maximum absolute atomic E-state index is 11.3. The van der Waals surface area contributed by atoms with E-state index in [-0.39, 0.29) is 12.5 Å². The van der Waals surface area contributed by atoms with Gasteiger partial charge in [0.1, 0.15) is 24.4 Å². The number of hydrogen-bond acceptors (Lipinski definition) is 6. The zero-order chi connectivity index (χ0) is 17.0. The van der Waals surface area contributed by atoms with Crippen LogP contribution in [0.5, 0.6) is 0 Å². The quantitative estimate of drug-likeness (QED) is 0.560. The molecule has 1 amide bonds. The number of aliphatic hydroxyl groups is 3. The predicted molar refractivity (Wildman–Crippen MR) is 84.3 cm³/mol. The zero-order valence-corrected chi connectivity index (χ0v) is 14.1. The molecule has 23 heavy (non-hydrogen) atoms. The molecule has 1 aromatic carbocycles. The van der Waals surface area contributed by atoms with Gasteiger partial charge < -0.3 is 30.1 Å². The summed E-state index contributed by atoms with van der Waals surface area (Å²) in [4.78, 5) is 11.3. The standard InChI is InChI=1S/C15H20BrNO6/c1-8(19)17-12-14(21)13(20)11(6-18)23-15(12)22-7-9-4-2-3-5-10(9)16/h2-5,11-15,18,20-21H,6-7H2,1H3,(H,17,19)/t11-,12-,13-,14-,15-/m0/s1. The van der Waals surface area contributed by atoms with Crippen molar-refractivity contribution in [2.45, 2.75) is 44.2 Å². The van der Waals surface area contributed by atoms with E-state index in [1.165, 1.54) is 6.92 Å². The van der Waals surface area contributed by atoms with Gasteiger partial charge in [-0.25, -0.2) is 0 Å². The third-order valence-corrected chi connectivity index (χ3v) is 4.39. The van der Waals surface area contributed by atoms with E-state index in [0.717, 1.165) is 10.0 Å². The fourth-order valence-corrected chi connectivity index (χ4v) is 2.80. The number of amides is 1. The maximum Gasteiger partial charge on any atom is 0.217 e. The van der Waals surface area contributed by atoms with Crippen molar-refractivity contribution < 1.29 is 29.6 Å². The predicted octanol–water partition coefficient (Wildman–Crippen LogP) is -0.0906. The number of ether oxygens (including phenoxy) is 2. The van der Waals surface area contributed by atoms with Crippen LogP contribution < -0.4 is 5.32 Å². The van der Waals surface area contributed by atoms with Gasteiger partial charge in [0.2, 0.25) is 5.91 Å². The van der Waals surface area contributed by atoms with Gasteiger partial charge in [0.05, 0.1) is 13.2 Å². The lowest BCUT2D eigenvalue weighted by atomic mass is 9.97. The number of benzene rings is 1. The highest BCUT2D eigenvalue weighted by molar-refractivity contribution is 9.10. The van der Waals surface area contributed by atoms with E-state index < -0.39 is 37.3 Å². The van der Waals surface area contributed by atoms with E-state index in [0.29, 0.717) is 0 Å². The van der Waals surface area contributed by atoms with Gasteiger partial charge in [-0.05, 0) is 11.6 Å². The molecule has 0 unspecified atom stereocenters. The Hall–Kier alpha value is -1.03. The first kappa shape index (κ1) is 18.3. The highest BCUT2D eigenvalue weighted by Gasteiger charge is 2.45. The molecule has 8 heteroatoms. The zero-order valence-electron chi connectivity index (χ0n) is 12.6. The summed E-state index contributed by atoms with van der Waals surface area (Å²) in [5.41, 5.74) is 0.860. The van der Waals surface area contributed by atoms with Crippen LogP contribution in [0.4, 0.5) is 0 Å². The van der Waals surface area contributed by atoms with Gasteiger partial charge in [-0.1, -0.05) is 34.1 Å². The van der Waals surface area contributed by atoms with Gasteiger partial charge >= 0.3 is 0 Å².